The predicted molar refractivity (Wildman–Crippen MR) is 152 cm³/mol. The zero-order valence-electron chi connectivity index (χ0n) is 22.3. The van der Waals surface area contributed by atoms with E-state index in [2.05, 4.69) is 94.4 Å². The van der Waals surface area contributed by atoms with Gasteiger partial charge in [-0.2, -0.15) is 0 Å². The standard InChI is InChI=1S/C34H33O3P/c1-26-25-34(37-38(35)36,30-23-15-8-16-24-30)33(4,29-21-13-7-14-22-29)32(3,28-19-11-6-12-20-28)31(26,2)27-17-9-5-10-18-27/h5-25H,1-4H3. The van der Waals surface area contributed by atoms with E-state index in [0.717, 1.165) is 27.8 Å². The van der Waals surface area contributed by atoms with Gasteiger partial charge in [0.2, 0.25) is 0 Å². The van der Waals surface area contributed by atoms with Crippen LogP contribution in [0.4, 0.5) is 0 Å². The number of rotatable bonds is 6. The van der Waals surface area contributed by atoms with Gasteiger partial charge in [0.1, 0.15) is 0 Å². The molecule has 4 aromatic rings. The maximum atomic E-state index is 12.6. The van der Waals surface area contributed by atoms with Gasteiger partial charge in [0, 0.05) is 16.2 Å². The van der Waals surface area contributed by atoms with Gasteiger partial charge in [-0.15, -0.1) is 4.52 Å². The highest BCUT2D eigenvalue weighted by Crippen LogP contribution is 2.69. The normalized spacial score (nSPS) is 29.4. The highest BCUT2D eigenvalue weighted by Gasteiger charge is 2.71. The molecule has 0 aromatic heterocycles. The summed E-state index contributed by atoms with van der Waals surface area (Å²) in [5.41, 5.74) is 1.72. The summed E-state index contributed by atoms with van der Waals surface area (Å²) in [6.07, 6.45) is 2.07. The van der Waals surface area contributed by atoms with Gasteiger partial charge < -0.3 is 4.89 Å². The summed E-state index contributed by atoms with van der Waals surface area (Å²) in [6, 6.07) is 41.0. The van der Waals surface area contributed by atoms with Crippen LogP contribution >= 0.6 is 8.25 Å². The van der Waals surface area contributed by atoms with Gasteiger partial charge in [-0.25, -0.2) is 0 Å². The zero-order valence-corrected chi connectivity index (χ0v) is 23.2. The summed E-state index contributed by atoms with van der Waals surface area (Å²) < 4.78 is 18.9. The maximum absolute atomic E-state index is 12.6. The van der Waals surface area contributed by atoms with Crippen LogP contribution in [0.25, 0.3) is 0 Å². The lowest BCUT2D eigenvalue weighted by atomic mass is 9.37. The topological polar surface area (TPSA) is 49.4 Å². The summed E-state index contributed by atoms with van der Waals surface area (Å²) >= 11 is 0. The van der Waals surface area contributed by atoms with E-state index in [1.807, 2.05) is 60.7 Å². The number of hydrogen-bond acceptors (Lipinski definition) is 3. The van der Waals surface area contributed by atoms with E-state index in [9.17, 15) is 9.46 Å². The van der Waals surface area contributed by atoms with Gasteiger partial charge in [0.15, 0.2) is 5.60 Å². The Bertz CT molecular complexity index is 1460. The molecule has 0 saturated carbocycles. The molecule has 5 unspecified atom stereocenters. The minimum Gasteiger partial charge on any atom is -0.566 e. The van der Waals surface area contributed by atoms with Gasteiger partial charge in [-0.3, -0.25) is 0 Å². The minimum absolute atomic E-state index is 0.517. The molecule has 5 rings (SSSR count). The van der Waals surface area contributed by atoms with Gasteiger partial charge >= 0.3 is 8.25 Å². The van der Waals surface area contributed by atoms with Crippen molar-refractivity contribution in [3.05, 3.63) is 155 Å². The largest absolute Gasteiger partial charge is 0.566 e. The van der Waals surface area contributed by atoms with Crippen molar-refractivity contribution in [2.75, 3.05) is 0 Å². The molecule has 0 fully saturated rings. The lowest BCUT2D eigenvalue weighted by Gasteiger charge is -2.65. The highest BCUT2D eigenvalue weighted by atomic mass is 31.1. The molecule has 0 radical (unpaired) electrons. The second kappa shape index (κ2) is 9.75. The second-order valence-corrected chi connectivity index (χ2v) is 11.3. The molecule has 0 bridgehead atoms. The first-order valence-electron chi connectivity index (χ1n) is 13.0. The molecular weight excluding hydrogens is 487 g/mol. The molecule has 0 aliphatic heterocycles. The molecule has 0 amide bonds. The van der Waals surface area contributed by atoms with Gasteiger partial charge in [-0.1, -0.05) is 148 Å². The molecule has 192 valence electrons. The monoisotopic (exact) mass is 520 g/mol. The van der Waals surface area contributed by atoms with E-state index in [1.54, 1.807) is 0 Å². The van der Waals surface area contributed by atoms with E-state index in [0.29, 0.717) is 0 Å². The molecule has 0 heterocycles. The van der Waals surface area contributed by atoms with E-state index in [-0.39, 0.29) is 0 Å². The van der Waals surface area contributed by atoms with Crippen LogP contribution in [0.15, 0.2) is 133 Å². The third kappa shape index (κ3) is 3.57. The average molecular weight is 521 g/mol. The molecule has 3 nitrogen and oxygen atoms in total. The van der Waals surface area contributed by atoms with Crippen molar-refractivity contribution in [3.8, 4) is 0 Å². The molecule has 0 N–H and O–H groups in total. The zero-order chi connectivity index (χ0) is 27.0. The van der Waals surface area contributed by atoms with Crippen LogP contribution in [-0.2, 0) is 30.9 Å². The summed E-state index contributed by atoms with van der Waals surface area (Å²) in [7, 11) is -3.20. The van der Waals surface area contributed by atoms with Crippen LogP contribution in [0.1, 0.15) is 49.9 Å². The number of hydrogen-bond donors (Lipinski definition) is 0. The molecule has 1 aliphatic rings. The van der Waals surface area contributed by atoms with Crippen molar-refractivity contribution in [3.63, 3.8) is 0 Å². The molecule has 0 saturated heterocycles. The van der Waals surface area contributed by atoms with E-state index in [4.69, 9.17) is 4.52 Å². The Hall–Kier alpha value is -3.36. The van der Waals surface area contributed by atoms with E-state index < -0.39 is 30.1 Å². The van der Waals surface area contributed by atoms with Crippen molar-refractivity contribution < 1.29 is 14.0 Å². The molecule has 5 atom stereocenters. The third-order valence-corrected chi connectivity index (χ3v) is 9.86. The van der Waals surface area contributed by atoms with E-state index in [1.165, 1.54) is 0 Å². The Balaban J connectivity index is 2.04. The van der Waals surface area contributed by atoms with Crippen molar-refractivity contribution in [2.45, 2.75) is 49.5 Å². The molecular formula is C34H33O3P. The SMILES string of the molecule is CC1=CC(O[P+](=O)[O-])(c2ccccc2)C(C)(c2ccccc2)C(C)(c2ccccc2)C1(C)c1ccccc1. The van der Waals surface area contributed by atoms with Crippen molar-refractivity contribution >= 4 is 8.25 Å². The van der Waals surface area contributed by atoms with Crippen LogP contribution in [0.3, 0.4) is 0 Å². The van der Waals surface area contributed by atoms with Crippen LogP contribution in [0.5, 0.6) is 0 Å². The van der Waals surface area contributed by atoms with Crippen molar-refractivity contribution in [1.82, 2.24) is 0 Å². The Labute approximate surface area is 226 Å². The molecule has 4 heteroatoms. The van der Waals surface area contributed by atoms with Gasteiger partial charge in [-0.05, 0) is 39.8 Å². The summed E-state index contributed by atoms with van der Waals surface area (Å²) in [5, 5.41) is 0. The number of benzene rings is 4. The maximum Gasteiger partial charge on any atom is 0.489 e. The quantitative estimate of drug-likeness (QED) is 0.193. The second-order valence-electron chi connectivity index (χ2n) is 10.7. The van der Waals surface area contributed by atoms with Gasteiger partial charge in [0.25, 0.3) is 0 Å². The first kappa shape index (κ1) is 26.3. The average Bonchev–Trinajstić information content (AvgIpc) is 2.96. The first-order chi connectivity index (χ1) is 18.2. The fraction of sp³-hybridized carbons (Fsp3) is 0.235. The molecule has 4 aromatic carbocycles. The van der Waals surface area contributed by atoms with Crippen molar-refractivity contribution in [2.24, 2.45) is 0 Å². The fourth-order valence-electron chi connectivity index (χ4n) is 7.12. The van der Waals surface area contributed by atoms with E-state index >= 15 is 0 Å². The highest BCUT2D eigenvalue weighted by molar-refractivity contribution is 7.30. The predicted octanol–water partition coefficient (Wildman–Crippen LogP) is 7.75. The summed E-state index contributed by atoms with van der Waals surface area (Å²) in [4.78, 5) is 12.6. The summed E-state index contributed by atoms with van der Waals surface area (Å²) in [6.45, 7) is 8.84. The molecule has 38 heavy (non-hydrogen) atoms. The Morgan fingerprint density at radius 2 is 0.947 bits per heavy atom. The van der Waals surface area contributed by atoms with Crippen LogP contribution < -0.4 is 4.89 Å². The van der Waals surface area contributed by atoms with Crippen LogP contribution in [-0.4, -0.2) is 0 Å². The Morgan fingerprint density at radius 3 is 1.37 bits per heavy atom. The third-order valence-electron chi connectivity index (χ3n) is 9.43. The first-order valence-corrected chi connectivity index (χ1v) is 14.1. The Kier molecular flexibility index (Phi) is 6.73. The lowest BCUT2D eigenvalue weighted by molar-refractivity contribution is -0.202. The smallest absolute Gasteiger partial charge is 0.489 e. The van der Waals surface area contributed by atoms with Gasteiger partial charge in [0.05, 0.1) is 0 Å². The summed E-state index contributed by atoms with van der Waals surface area (Å²) in [5.74, 6) is 0. The minimum atomic E-state index is -3.20. The Morgan fingerprint density at radius 1 is 0.579 bits per heavy atom. The number of allylic oxidation sites excluding steroid dienone is 1. The fourth-order valence-corrected chi connectivity index (χ4v) is 7.69. The van der Waals surface area contributed by atoms with Crippen molar-refractivity contribution in [1.29, 1.82) is 0 Å². The molecule has 0 spiro atoms. The lowest BCUT2D eigenvalue weighted by Crippen LogP contribution is -2.69. The van der Waals surface area contributed by atoms with Crippen LogP contribution in [0.2, 0.25) is 0 Å². The molecule has 1 aliphatic carbocycles. The van der Waals surface area contributed by atoms with Crippen LogP contribution in [0, 0.1) is 0 Å².